The normalized spacial score (nSPS) is 12.7. The van der Waals surface area contributed by atoms with Gasteiger partial charge >= 0.3 is 5.97 Å². The lowest BCUT2D eigenvalue weighted by Crippen LogP contribution is -2.38. The zero-order valence-electron chi connectivity index (χ0n) is 10.0. The first kappa shape index (κ1) is 12.7. The highest BCUT2D eigenvalue weighted by Crippen LogP contribution is 2.07. The monoisotopic (exact) mass is 225 g/mol. The van der Waals surface area contributed by atoms with Gasteiger partial charge in [0.25, 0.3) is 0 Å². The highest BCUT2D eigenvalue weighted by Gasteiger charge is 2.17. The van der Waals surface area contributed by atoms with Crippen molar-refractivity contribution in [1.82, 2.24) is 15.1 Å². The zero-order chi connectivity index (χ0) is 12.1. The minimum Gasteiger partial charge on any atom is -0.480 e. The minimum absolute atomic E-state index is 0.370. The van der Waals surface area contributed by atoms with Crippen LogP contribution in [0.1, 0.15) is 25.2 Å². The van der Waals surface area contributed by atoms with Gasteiger partial charge in [0.15, 0.2) is 0 Å². The first-order valence-electron chi connectivity index (χ1n) is 5.58. The molecule has 1 unspecified atom stereocenters. The molecular formula is C11H19N3O2. The third-order valence-corrected chi connectivity index (χ3v) is 2.64. The number of hydrogen-bond acceptors (Lipinski definition) is 3. The maximum absolute atomic E-state index is 10.9. The van der Waals surface area contributed by atoms with Crippen LogP contribution in [0.15, 0.2) is 6.07 Å². The average Bonchev–Trinajstić information content (AvgIpc) is 2.67. The van der Waals surface area contributed by atoms with E-state index in [4.69, 9.17) is 5.11 Å². The van der Waals surface area contributed by atoms with Gasteiger partial charge in [-0.1, -0.05) is 13.8 Å². The molecule has 16 heavy (non-hydrogen) atoms. The van der Waals surface area contributed by atoms with Crippen LogP contribution in [0.4, 0.5) is 0 Å². The summed E-state index contributed by atoms with van der Waals surface area (Å²) in [6, 6.07) is 1.45. The molecule has 0 saturated carbocycles. The van der Waals surface area contributed by atoms with Gasteiger partial charge in [0.2, 0.25) is 0 Å². The van der Waals surface area contributed by atoms with Crippen LogP contribution in [-0.4, -0.2) is 33.9 Å². The molecule has 1 rings (SSSR count). The lowest BCUT2D eigenvalue weighted by Gasteiger charge is -2.12. The number of nitrogens with one attached hydrogen (secondary N) is 1. The van der Waals surface area contributed by atoms with Gasteiger partial charge in [-0.05, 0) is 26.0 Å². The van der Waals surface area contributed by atoms with Crippen LogP contribution < -0.4 is 5.32 Å². The van der Waals surface area contributed by atoms with E-state index in [9.17, 15) is 4.79 Å². The van der Waals surface area contributed by atoms with E-state index in [1.807, 2.05) is 19.9 Å². The Hall–Kier alpha value is -1.36. The smallest absolute Gasteiger partial charge is 0.322 e. The topological polar surface area (TPSA) is 67.2 Å². The van der Waals surface area contributed by atoms with Gasteiger partial charge in [-0.2, -0.15) is 5.10 Å². The van der Waals surface area contributed by atoms with E-state index in [0.29, 0.717) is 6.54 Å². The fourth-order valence-electron chi connectivity index (χ4n) is 1.60. The molecule has 1 atom stereocenters. The third kappa shape index (κ3) is 2.82. The summed E-state index contributed by atoms with van der Waals surface area (Å²) in [5.74, 6) is -0.849. The second-order valence-electron chi connectivity index (χ2n) is 3.70. The van der Waals surface area contributed by atoms with Crippen molar-refractivity contribution in [2.75, 3.05) is 7.05 Å². The molecule has 0 aliphatic carbocycles. The maximum Gasteiger partial charge on any atom is 0.322 e. The van der Waals surface area contributed by atoms with Gasteiger partial charge in [0, 0.05) is 5.69 Å². The van der Waals surface area contributed by atoms with Crippen LogP contribution in [0.2, 0.25) is 0 Å². The van der Waals surface area contributed by atoms with Crippen molar-refractivity contribution in [2.24, 2.45) is 0 Å². The minimum atomic E-state index is -0.849. The van der Waals surface area contributed by atoms with Crippen LogP contribution >= 0.6 is 0 Å². The number of aliphatic carboxylic acids is 1. The van der Waals surface area contributed by atoms with Crippen LogP contribution in [-0.2, 0) is 24.2 Å². The second-order valence-corrected chi connectivity index (χ2v) is 3.70. The molecule has 5 nitrogen and oxygen atoms in total. The Labute approximate surface area is 95.5 Å². The molecule has 1 aromatic rings. The lowest BCUT2D eigenvalue weighted by molar-refractivity contribution is -0.139. The van der Waals surface area contributed by atoms with Crippen LogP contribution in [0.5, 0.6) is 0 Å². The molecule has 0 spiro atoms. The van der Waals surface area contributed by atoms with Gasteiger partial charge < -0.3 is 10.4 Å². The van der Waals surface area contributed by atoms with Gasteiger partial charge in [-0.25, -0.2) is 0 Å². The Bertz CT molecular complexity index is 360. The fraction of sp³-hybridized carbons (Fsp3) is 0.636. The Kier molecular flexibility index (Phi) is 4.49. The summed E-state index contributed by atoms with van der Waals surface area (Å²) in [7, 11) is 1.65. The summed E-state index contributed by atoms with van der Waals surface area (Å²) in [6.45, 7) is 4.45. The summed E-state index contributed by atoms with van der Waals surface area (Å²) < 4.78 is 1.79. The molecule has 5 heteroatoms. The largest absolute Gasteiger partial charge is 0.480 e. The number of carboxylic acid groups (broad SMARTS) is 1. The molecule has 0 amide bonds. The predicted octanol–water partition coefficient (Wildman–Crippen LogP) is 0.680. The van der Waals surface area contributed by atoms with Crippen molar-refractivity contribution in [3.63, 3.8) is 0 Å². The van der Waals surface area contributed by atoms with Crippen molar-refractivity contribution in [1.29, 1.82) is 0 Å². The molecular weight excluding hydrogens is 206 g/mol. The number of nitrogens with zero attached hydrogens (tertiary/aromatic N) is 2. The highest BCUT2D eigenvalue weighted by atomic mass is 16.4. The van der Waals surface area contributed by atoms with Crippen LogP contribution in [0, 0.1) is 0 Å². The molecule has 0 fully saturated rings. The molecule has 0 bridgehead atoms. The molecule has 0 aromatic carbocycles. The molecule has 0 radical (unpaired) electrons. The third-order valence-electron chi connectivity index (χ3n) is 2.64. The van der Waals surface area contributed by atoms with Gasteiger partial charge in [-0.15, -0.1) is 0 Å². The number of carboxylic acids is 1. The number of rotatable bonds is 6. The quantitative estimate of drug-likeness (QED) is 0.747. The predicted molar refractivity (Wildman–Crippen MR) is 61.5 cm³/mol. The van der Waals surface area contributed by atoms with Crippen molar-refractivity contribution in [3.05, 3.63) is 17.5 Å². The lowest BCUT2D eigenvalue weighted by atomic mass is 10.2. The van der Waals surface area contributed by atoms with E-state index in [1.54, 1.807) is 11.7 Å². The first-order chi connectivity index (χ1) is 7.62. The molecule has 90 valence electrons. The molecule has 1 aromatic heterocycles. The molecule has 2 N–H and O–H groups in total. The van der Waals surface area contributed by atoms with Crippen LogP contribution in [0.3, 0.4) is 0 Å². The van der Waals surface area contributed by atoms with Crippen molar-refractivity contribution >= 4 is 5.97 Å². The first-order valence-corrected chi connectivity index (χ1v) is 5.58. The van der Waals surface area contributed by atoms with Crippen LogP contribution in [0.25, 0.3) is 0 Å². The Morgan fingerprint density at radius 2 is 2.25 bits per heavy atom. The number of likely N-dealkylation sites (N-methyl/N-ethyl adjacent to an activating group) is 1. The molecule has 0 aliphatic heterocycles. The van der Waals surface area contributed by atoms with E-state index >= 15 is 0 Å². The summed E-state index contributed by atoms with van der Waals surface area (Å²) in [5, 5.41) is 16.1. The standard InChI is InChI=1S/C11H19N3O2/c1-4-8-6-9(5-2)14(13-8)7-10(12-3)11(15)16/h6,10,12H,4-5,7H2,1-3H3,(H,15,16). The second kappa shape index (κ2) is 5.65. The van der Waals surface area contributed by atoms with Crippen molar-refractivity contribution in [2.45, 2.75) is 39.3 Å². The Balaban J connectivity index is 2.85. The number of carbonyl (C=O) groups is 1. The summed E-state index contributed by atoms with van der Waals surface area (Å²) in [4.78, 5) is 10.9. The summed E-state index contributed by atoms with van der Waals surface area (Å²) in [6.07, 6.45) is 1.74. The van der Waals surface area contributed by atoms with E-state index in [0.717, 1.165) is 24.2 Å². The number of hydrogen-bond donors (Lipinski definition) is 2. The van der Waals surface area contributed by atoms with Gasteiger partial charge in [0.1, 0.15) is 6.04 Å². The van der Waals surface area contributed by atoms with Gasteiger partial charge in [-0.3, -0.25) is 9.48 Å². The average molecular weight is 225 g/mol. The van der Waals surface area contributed by atoms with Crippen molar-refractivity contribution in [3.8, 4) is 0 Å². The molecule has 1 heterocycles. The van der Waals surface area contributed by atoms with E-state index in [2.05, 4.69) is 10.4 Å². The van der Waals surface area contributed by atoms with E-state index < -0.39 is 12.0 Å². The van der Waals surface area contributed by atoms with E-state index in [1.165, 1.54) is 0 Å². The number of aryl methyl sites for hydroxylation is 2. The molecule has 0 saturated heterocycles. The Morgan fingerprint density at radius 1 is 1.56 bits per heavy atom. The zero-order valence-corrected chi connectivity index (χ0v) is 10.0. The summed E-state index contributed by atoms with van der Waals surface area (Å²) >= 11 is 0. The SMILES string of the molecule is CCc1cc(CC)n(CC(NC)C(=O)O)n1. The van der Waals surface area contributed by atoms with E-state index in [-0.39, 0.29) is 0 Å². The molecule has 0 aliphatic rings. The van der Waals surface area contributed by atoms with Gasteiger partial charge in [0.05, 0.1) is 12.2 Å². The summed E-state index contributed by atoms with van der Waals surface area (Å²) in [5.41, 5.74) is 2.09. The van der Waals surface area contributed by atoms with Crippen molar-refractivity contribution < 1.29 is 9.90 Å². The highest BCUT2D eigenvalue weighted by molar-refractivity contribution is 5.73. The fourth-order valence-corrected chi connectivity index (χ4v) is 1.60. The Morgan fingerprint density at radius 3 is 2.69 bits per heavy atom. The number of aromatic nitrogens is 2. The maximum atomic E-state index is 10.9.